The van der Waals surface area contributed by atoms with Crippen molar-refractivity contribution < 1.29 is 27.5 Å². The molecule has 0 spiro atoms. The molecule has 3 N–H and O–H groups in total. The largest absolute Gasteiger partial charge is 0.495 e. The topological polar surface area (TPSA) is 125 Å². The molecule has 28 heavy (non-hydrogen) atoms. The highest BCUT2D eigenvalue weighted by Gasteiger charge is 2.18. The first-order chi connectivity index (χ1) is 13.3. The van der Waals surface area contributed by atoms with Crippen molar-refractivity contribution in [2.75, 3.05) is 19.0 Å². The Morgan fingerprint density at radius 2 is 1.71 bits per heavy atom. The molecule has 0 aliphatic carbocycles. The minimum Gasteiger partial charge on any atom is -0.495 e. The smallest absolute Gasteiger partial charge is 0.338 e. The highest BCUT2D eigenvalue weighted by Crippen LogP contribution is 2.24. The summed E-state index contributed by atoms with van der Waals surface area (Å²) in [6.07, 6.45) is 1.72. The van der Waals surface area contributed by atoms with Crippen LogP contribution in [0.4, 0.5) is 5.69 Å². The molecule has 2 aromatic carbocycles. The Morgan fingerprint density at radius 3 is 2.29 bits per heavy atom. The normalized spacial score (nSPS) is 11.0. The van der Waals surface area contributed by atoms with Crippen molar-refractivity contribution >= 4 is 27.6 Å². The molecule has 8 nitrogen and oxygen atoms in total. The molecule has 0 radical (unpaired) electrons. The zero-order chi connectivity index (χ0) is 20.7. The predicted octanol–water partition coefficient (Wildman–Crippen LogP) is 2.55. The SMILES string of the molecule is CCCCOC(=O)c1ccc(NC(=O)c2ccc(OC)c(S(N)(=O)=O)c2)cc1. The number of ether oxygens (including phenoxy) is 2. The molecule has 0 bridgehead atoms. The maximum Gasteiger partial charge on any atom is 0.338 e. The second-order valence-corrected chi connectivity index (χ2v) is 7.46. The van der Waals surface area contributed by atoms with E-state index in [9.17, 15) is 18.0 Å². The van der Waals surface area contributed by atoms with Gasteiger partial charge in [0, 0.05) is 11.3 Å². The lowest BCUT2D eigenvalue weighted by Gasteiger charge is -2.10. The third-order valence-electron chi connectivity index (χ3n) is 3.84. The van der Waals surface area contributed by atoms with Crippen LogP contribution >= 0.6 is 0 Å². The number of benzene rings is 2. The number of hydrogen-bond acceptors (Lipinski definition) is 6. The minimum atomic E-state index is -4.06. The van der Waals surface area contributed by atoms with E-state index in [4.69, 9.17) is 14.6 Å². The lowest BCUT2D eigenvalue weighted by Crippen LogP contribution is -2.17. The van der Waals surface area contributed by atoms with Crippen LogP contribution in [0.5, 0.6) is 5.75 Å². The van der Waals surface area contributed by atoms with Crippen LogP contribution in [0.3, 0.4) is 0 Å². The van der Waals surface area contributed by atoms with Gasteiger partial charge in [0.1, 0.15) is 10.6 Å². The van der Waals surface area contributed by atoms with Gasteiger partial charge in [0.25, 0.3) is 5.91 Å². The molecule has 2 rings (SSSR count). The molecular formula is C19H22N2O6S. The number of esters is 1. The highest BCUT2D eigenvalue weighted by atomic mass is 32.2. The van der Waals surface area contributed by atoms with Gasteiger partial charge in [-0.1, -0.05) is 13.3 Å². The molecule has 0 atom stereocenters. The molecule has 150 valence electrons. The maximum atomic E-state index is 12.4. The Kier molecular flexibility index (Phi) is 7.13. The van der Waals surface area contributed by atoms with Gasteiger partial charge in [0.2, 0.25) is 10.0 Å². The van der Waals surface area contributed by atoms with E-state index in [2.05, 4.69) is 5.32 Å². The second kappa shape index (κ2) is 9.34. The monoisotopic (exact) mass is 406 g/mol. The third kappa shape index (κ3) is 5.54. The molecule has 0 aliphatic heterocycles. The van der Waals surface area contributed by atoms with Crippen molar-refractivity contribution in [2.45, 2.75) is 24.7 Å². The van der Waals surface area contributed by atoms with Gasteiger partial charge < -0.3 is 14.8 Å². The van der Waals surface area contributed by atoms with E-state index in [0.29, 0.717) is 17.9 Å². The lowest BCUT2D eigenvalue weighted by atomic mass is 10.1. The van der Waals surface area contributed by atoms with Crippen LogP contribution in [0.25, 0.3) is 0 Å². The van der Waals surface area contributed by atoms with Crippen molar-refractivity contribution in [3.8, 4) is 5.75 Å². The van der Waals surface area contributed by atoms with E-state index in [0.717, 1.165) is 18.9 Å². The van der Waals surface area contributed by atoms with Gasteiger partial charge in [-0.05, 0) is 48.9 Å². The van der Waals surface area contributed by atoms with Gasteiger partial charge in [0.05, 0.1) is 19.3 Å². The van der Waals surface area contributed by atoms with Crippen molar-refractivity contribution in [3.05, 3.63) is 53.6 Å². The summed E-state index contributed by atoms with van der Waals surface area (Å²) in [5, 5.41) is 7.79. The fourth-order valence-electron chi connectivity index (χ4n) is 2.33. The summed E-state index contributed by atoms with van der Waals surface area (Å²) in [6.45, 7) is 2.36. The number of primary sulfonamides is 1. The summed E-state index contributed by atoms with van der Waals surface area (Å²) >= 11 is 0. The van der Waals surface area contributed by atoms with Crippen molar-refractivity contribution in [3.63, 3.8) is 0 Å². The summed E-state index contributed by atoms with van der Waals surface area (Å²) in [6, 6.07) is 10.1. The van der Waals surface area contributed by atoms with Crippen LogP contribution in [-0.4, -0.2) is 34.0 Å². The summed E-state index contributed by atoms with van der Waals surface area (Å²) in [7, 11) is -2.75. The van der Waals surface area contributed by atoms with Gasteiger partial charge >= 0.3 is 5.97 Å². The number of hydrogen-bond donors (Lipinski definition) is 2. The van der Waals surface area contributed by atoms with Gasteiger partial charge in [-0.15, -0.1) is 0 Å². The fourth-order valence-corrected chi connectivity index (χ4v) is 3.05. The second-order valence-electron chi connectivity index (χ2n) is 5.93. The quantitative estimate of drug-likeness (QED) is 0.513. The average molecular weight is 406 g/mol. The first-order valence-corrected chi connectivity index (χ1v) is 10.1. The standard InChI is InChI=1S/C19H22N2O6S/c1-3-4-11-27-19(23)13-5-8-15(9-6-13)21-18(22)14-7-10-16(26-2)17(12-14)28(20,24)25/h5-10,12H,3-4,11H2,1-2H3,(H,21,22)(H2,20,24,25). The van der Waals surface area contributed by atoms with Crippen molar-refractivity contribution in [1.29, 1.82) is 0 Å². The lowest BCUT2D eigenvalue weighted by molar-refractivity contribution is 0.0499. The Labute approximate surface area is 163 Å². The minimum absolute atomic E-state index is 0.0463. The number of amides is 1. The number of methoxy groups -OCH3 is 1. The number of nitrogens with one attached hydrogen (secondary N) is 1. The fraction of sp³-hybridized carbons (Fsp3) is 0.263. The van der Waals surface area contributed by atoms with Gasteiger partial charge in [-0.3, -0.25) is 4.79 Å². The van der Waals surface area contributed by atoms with Crippen LogP contribution in [0.15, 0.2) is 47.4 Å². The molecule has 0 aliphatic rings. The van der Waals surface area contributed by atoms with Crippen molar-refractivity contribution in [2.24, 2.45) is 5.14 Å². The molecule has 0 aromatic heterocycles. The molecule has 0 saturated heterocycles. The maximum absolute atomic E-state index is 12.4. The van der Waals surface area contributed by atoms with Crippen LogP contribution in [0.1, 0.15) is 40.5 Å². The number of rotatable bonds is 8. The first kappa shape index (κ1) is 21.4. The van der Waals surface area contributed by atoms with Gasteiger partial charge in [0.15, 0.2) is 0 Å². The Bertz CT molecular complexity index is 955. The van der Waals surface area contributed by atoms with E-state index in [-0.39, 0.29) is 16.2 Å². The third-order valence-corrected chi connectivity index (χ3v) is 4.77. The van der Waals surface area contributed by atoms with E-state index in [1.54, 1.807) is 12.1 Å². The highest BCUT2D eigenvalue weighted by molar-refractivity contribution is 7.89. The molecule has 0 saturated carbocycles. The van der Waals surface area contributed by atoms with E-state index in [1.807, 2.05) is 6.92 Å². The number of anilines is 1. The van der Waals surface area contributed by atoms with E-state index >= 15 is 0 Å². The summed E-state index contributed by atoms with van der Waals surface area (Å²) < 4.78 is 33.4. The Morgan fingerprint density at radius 1 is 1.07 bits per heavy atom. The number of unbranched alkanes of at least 4 members (excludes halogenated alkanes) is 1. The van der Waals surface area contributed by atoms with Crippen molar-refractivity contribution in [1.82, 2.24) is 0 Å². The van der Waals surface area contributed by atoms with E-state index in [1.165, 1.54) is 31.4 Å². The molecule has 0 fully saturated rings. The predicted molar refractivity (Wildman–Crippen MR) is 104 cm³/mol. The summed E-state index contributed by atoms with van der Waals surface area (Å²) in [4.78, 5) is 24.0. The van der Waals surface area contributed by atoms with E-state index < -0.39 is 21.9 Å². The molecule has 2 aromatic rings. The number of carbonyl (C=O) groups excluding carboxylic acids is 2. The molecule has 1 amide bonds. The number of nitrogens with two attached hydrogens (primary N) is 1. The molecule has 0 unspecified atom stereocenters. The molecule has 0 heterocycles. The van der Waals surface area contributed by atoms with Crippen LogP contribution < -0.4 is 15.2 Å². The van der Waals surface area contributed by atoms with Gasteiger partial charge in [-0.2, -0.15) is 0 Å². The molecular weight excluding hydrogens is 384 g/mol. The number of sulfonamides is 1. The summed E-state index contributed by atoms with van der Waals surface area (Å²) in [5.41, 5.74) is 0.894. The van der Waals surface area contributed by atoms with Crippen LogP contribution in [-0.2, 0) is 14.8 Å². The van der Waals surface area contributed by atoms with Gasteiger partial charge in [-0.25, -0.2) is 18.4 Å². The zero-order valence-electron chi connectivity index (χ0n) is 15.6. The average Bonchev–Trinajstić information content (AvgIpc) is 2.67. The summed E-state index contributed by atoms with van der Waals surface area (Å²) in [5.74, 6) is -0.921. The van der Waals surface area contributed by atoms with Crippen LogP contribution in [0, 0.1) is 0 Å². The van der Waals surface area contributed by atoms with Crippen LogP contribution in [0.2, 0.25) is 0 Å². The molecule has 9 heteroatoms. The Balaban J connectivity index is 2.12. The zero-order valence-corrected chi connectivity index (χ0v) is 16.4. The Hall–Kier alpha value is -2.91. The first-order valence-electron chi connectivity index (χ1n) is 8.55. The number of carbonyl (C=O) groups is 2.